The Hall–Kier alpha value is -1.91. The van der Waals surface area contributed by atoms with E-state index >= 15 is 0 Å². The molecule has 0 radical (unpaired) electrons. The Balaban J connectivity index is 1.94. The molecule has 0 amide bonds. The lowest BCUT2D eigenvalue weighted by molar-refractivity contribution is 0.681. The van der Waals surface area contributed by atoms with Crippen molar-refractivity contribution >= 4 is 17.3 Å². The lowest BCUT2D eigenvalue weighted by Gasteiger charge is -2.36. The van der Waals surface area contributed by atoms with Gasteiger partial charge < -0.3 is 4.90 Å². The molecule has 1 atom stereocenters. The van der Waals surface area contributed by atoms with Gasteiger partial charge in [-0.2, -0.15) is 0 Å². The van der Waals surface area contributed by atoms with Gasteiger partial charge in [-0.15, -0.1) is 17.5 Å². The van der Waals surface area contributed by atoms with Crippen molar-refractivity contribution in [2.75, 3.05) is 17.3 Å². The summed E-state index contributed by atoms with van der Waals surface area (Å²) in [7, 11) is 0. The third-order valence-corrected chi connectivity index (χ3v) is 4.31. The summed E-state index contributed by atoms with van der Waals surface area (Å²) in [5, 5.41) is 0. The van der Waals surface area contributed by atoms with Crippen molar-refractivity contribution < 1.29 is 0 Å². The van der Waals surface area contributed by atoms with Gasteiger partial charge in [-0.05, 0) is 36.1 Å². The van der Waals surface area contributed by atoms with Gasteiger partial charge in [0.05, 0.1) is 0 Å². The van der Waals surface area contributed by atoms with Crippen molar-refractivity contribution in [2.45, 2.75) is 25.3 Å². The summed E-state index contributed by atoms with van der Waals surface area (Å²) in [6, 6.07) is 19.4. The Morgan fingerprint density at radius 3 is 2.64 bits per heavy atom. The molecular weight excluding hydrogens is 290 g/mol. The van der Waals surface area contributed by atoms with Crippen molar-refractivity contribution in [3.63, 3.8) is 0 Å². The van der Waals surface area contributed by atoms with Gasteiger partial charge in [0, 0.05) is 24.5 Å². The number of alkyl halides is 1. The van der Waals surface area contributed by atoms with E-state index in [1.54, 1.807) is 0 Å². The number of hydrogen-bond donors (Lipinski definition) is 0. The third kappa shape index (κ3) is 3.29. The zero-order valence-electron chi connectivity index (χ0n) is 12.6. The number of unbranched alkanes of at least 4 members (excludes halogenated alkanes) is 1. The average Bonchev–Trinajstić information content (AvgIpc) is 2.59. The molecule has 0 spiro atoms. The summed E-state index contributed by atoms with van der Waals surface area (Å²) in [5.41, 5.74) is 4.01. The first kappa shape index (κ1) is 15.0. The molecule has 1 nitrogen and oxygen atoms in total. The zero-order chi connectivity index (χ0) is 15.2. The van der Waals surface area contributed by atoms with Crippen LogP contribution >= 0.6 is 11.6 Å². The van der Waals surface area contributed by atoms with Crippen molar-refractivity contribution in [1.82, 2.24) is 0 Å². The van der Waals surface area contributed by atoms with Gasteiger partial charge in [0.2, 0.25) is 0 Å². The van der Waals surface area contributed by atoms with Gasteiger partial charge in [-0.3, -0.25) is 0 Å². The predicted octanol–water partition coefficient (Wildman–Crippen LogP) is 4.81. The molecule has 0 N–H and O–H groups in total. The van der Waals surface area contributed by atoms with E-state index in [9.17, 15) is 0 Å². The molecule has 112 valence electrons. The van der Waals surface area contributed by atoms with Crippen molar-refractivity contribution in [1.29, 1.82) is 0 Å². The monoisotopic (exact) mass is 309 g/mol. The first-order chi connectivity index (χ1) is 10.9. The highest BCUT2D eigenvalue weighted by Gasteiger charge is 2.25. The number of hydrogen-bond acceptors (Lipinski definition) is 1. The number of anilines is 1. The topological polar surface area (TPSA) is 3.24 Å². The molecule has 22 heavy (non-hydrogen) atoms. The average molecular weight is 310 g/mol. The van der Waals surface area contributed by atoms with Gasteiger partial charge in [0.1, 0.15) is 6.04 Å². The molecule has 2 aromatic carbocycles. The van der Waals surface area contributed by atoms with E-state index in [4.69, 9.17) is 11.6 Å². The van der Waals surface area contributed by atoms with E-state index in [-0.39, 0.29) is 6.04 Å². The summed E-state index contributed by atoms with van der Waals surface area (Å²) in [6.07, 6.45) is 2.89. The van der Waals surface area contributed by atoms with Crippen molar-refractivity contribution in [3.05, 3.63) is 65.7 Å². The van der Waals surface area contributed by atoms with Gasteiger partial charge in [-0.1, -0.05) is 48.4 Å². The van der Waals surface area contributed by atoms with E-state index in [1.165, 1.54) is 16.8 Å². The number of benzene rings is 2. The van der Waals surface area contributed by atoms with E-state index in [2.05, 4.69) is 71.3 Å². The predicted molar refractivity (Wildman–Crippen MR) is 94.4 cm³/mol. The molecule has 0 aliphatic carbocycles. The van der Waals surface area contributed by atoms with Crippen molar-refractivity contribution in [3.8, 4) is 11.8 Å². The molecule has 1 unspecified atom stereocenters. The summed E-state index contributed by atoms with van der Waals surface area (Å²) in [4.78, 5) is 2.41. The molecule has 0 bridgehead atoms. The van der Waals surface area contributed by atoms with E-state index in [0.717, 1.165) is 25.8 Å². The highest BCUT2D eigenvalue weighted by Crippen LogP contribution is 2.33. The first-order valence-corrected chi connectivity index (χ1v) is 8.37. The Bertz CT molecular complexity index is 669. The fraction of sp³-hybridized carbons (Fsp3) is 0.300. The smallest absolute Gasteiger partial charge is 0.116 e. The third-order valence-electron chi connectivity index (χ3n) is 4.05. The second-order valence-corrected chi connectivity index (χ2v) is 5.87. The SMILES string of the molecule is ClCCCC#CC1c2ccccc2CCN1c1ccccc1. The molecule has 1 heterocycles. The van der Waals surface area contributed by atoms with Crippen LogP contribution in [0.2, 0.25) is 0 Å². The highest BCUT2D eigenvalue weighted by molar-refractivity contribution is 6.17. The fourth-order valence-electron chi connectivity index (χ4n) is 2.94. The molecule has 0 aromatic heterocycles. The van der Waals surface area contributed by atoms with E-state index in [0.29, 0.717) is 5.88 Å². The maximum absolute atomic E-state index is 5.75. The van der Waals surface area contributed by atoms with Crippen LogP contribution in [-0.4, -0.2) is 12.4 Å². The molecule has 0 saturated carbocycles. The Morgan fingerprint density at radius 1 is 1.05 bits per heavy atom. The number of halogens is 1. The fourth-order valence-corrected chi connectivity index (χ4v) is 3.08. The van der Waals surface area contributed by atoms with E-state index in [1.807, 2.05) is 0 Å². The molecule has 2 heteroatoms. The Labute approximate surface area is 137 Å². The van der Waals surface area contributed by atoms with Crippen LogP contribution in [0.15, 0.2) is 54.6 Å². The van der Waals surface area contributed by atoms with Crippen LogP contribution in [-0.2, 0) is 6.42 Å². The summed E-state index contributed by atoms with van der Waals surface area (Å²) < 4.78 is 0. The van der Waals surface area contributed by atoms with Crippen LogP contribution in [0.3, 0.4) is 0 Å². The summed E-state index contributed by atoms with van der Waals surface area (Å²) >= 11 is 5.75. The molecule has 3 rings (SSSR count). The maximum Gasteiger partial charge on any atom is 0.116 e. The molecule has 0 fully saturated rings. The molecule has 0 saturated heterocycles. The highest BCUT2D eigenvalue weighted by atomic mass is 35.5. The number of rotatable bonds is 3. The van der Waals surface area contributed by atoms with Gasteiger partial charge in [0.25, 0.3) is 0 Å². The standard InChI is InChI=1S/C20H20ClN/c21-15-8-2-5-13-20-19-12-7-6-9-17(19)14-16-22(20)18-10-3-1-4-11-18/h1,3-4,6-7,9-12,20H,2,8,14-16H2. The van der Waals surface area contributed by atoms with Crippen LogP contribution in [0.5, 0.6) is 0 Å². The van der Waals surface area contributed by atoms with Crippen LogP contribution in [0.25, 0.3) is 0 Å². The van der Waals surface area contributed by atoms with Crippen LogP contribution in [0.1, 0.15) is 30.0 Å². The first-order valence-electron chi connectivity index (χ1n) is 7.84. The lowest BCUT2D eigenvalue weighted by Crippen LogP contribution is -2.34. The molecule has 2 aromatic rings. The largest absolute Gasteiger partial charge is 0.353 e. The Morgan fingerprint density at radius 2 is 1.82 bits per heavy atom. The van der Waals surface area contributed by atoms with Crippen molar-refractivity contribution in [2.24, 2.45) is 0 Å². The minimum atomic E-state index is 0.141. The Kier molecular flexibility index (Phi) is 5.03. The van der Waals surface area contributed by atoms with Crippen LogP contribution in [0, 0.1) is 11.8 Å². The number of fused-ring (bicyclic) bond motifs is 1. The molecular formula is C20H20ClN. The minimum absolute atomic E-state index is 0.141. The quantitative estimate of drug-likeness (QED) is 0.447. The zero-order valence-corrected chi connectivity index (χ0v) is 13.4. The summed E-state index contributed by atoms with van der Waals surface area (Å²) in [6.45, 7) is 1.01. The second-order valence-electron chi connectivity index (χ2n) is 5.49. The van der Waals surface area contributed by atoms with Gasteiger partial charge in [0.15, 0.2) is 0 Å². The van der Waals surface area contributed by atoms with Crippen LogP contribution < -0.4 is 4.90 Å². The van der Waals surface area contributed by atoms with Crippen LogP contribution in [0.4, 0.5) is 5.69 Å². The number of para-hydroxylation sites is 1. The number of nitrogens with zero attached hydrogens (tertiary/aromatic N) is 1. The molecule has 1 aliphatic rings. The lowest BCUT2D eigenvalue weighted by atomic mass is 9.92. The van der Waals surface area contributed by atoms with E-state index < -0.39 is 0 Å². The molecule has 1 aliphatic heterocycles. The second kappa shape index (κ2) is 7.38. The summed E-state index contributed by atoms with van der Waals surface area (Å²) in [5.74, 6) is 7.48. The normalized spacial score (nSPS) is 16.6. The maximum atomic E-state index is 5.75. The minimum Gasteiger partial charge on any atom is -0.353 e. The van der Waals surface area contributed by atoms with Gasteiger partial charge in [-0.25, -0.2) is 0 Å². The van der Waals surface area contributed by atoms with Gasteiger partial charge >= 0.3 is 0 Å².